The molecular formula is C15H29BN2. The molecule has 0 aromatic rings. The minimum absolute atomic E-state index is 0.103. The normalized spacial score (nSPS) is 28.2. The van der Waals surface area contributed by atoms with E-state index in [-0.39, 0.29) is 5.31 Å². The van der Waals surface area contributed by atoms with Gasteiger partial charge in [0, 0.05) is 26.2 Å². The van der Waals surface area contributed by atoms with Crippen molar-refractivity contribution in [3.63, 3.8) is 0 Å². The SMILES string of the molecule is CC.CC.[B]C1(C)CCCC2=C1CC(=NC)N2C. The molecule has 1 aliphatic carbocycles. The standard InChI is InChI=1S/C11H17BN2.2C2H6/c1-11(12)6-4-5-9-8(11)7-10(13-2)14(9)3;2*1-2/h4-7H2,1-3H3;2*1-2H3. The molecule has 2 radical (unpaired) electrons. The Labute approximate surface area is 115 Å². The molecule has 102 valence electrons. The molecule has 0 amide bonds. The molecule has 0 N–H and O–H groups in total. The van der Waals surface area contributed by atoms with E-state index in [9.17, 15) is 0 Å². The Hall–Kier alpha value is -0.725. The summed E-state index contributed by atoms with van der Waals surface area (Å²) in [5, 5.41) is -0.103. The third-order valence-corrected chi connectivity index (χ3v) is 3.53. The molecule has 0 bridgehead atoms. The maximum absolute atomic E-state index is 6.30. The van der Waals surface area contributed by atoms with Gasteiger partial charge in [0.25, 0.3) is 0 Å². The van der Waals surface area contributed by atoms with Crippen molar-refractivity contribution < 1.29 is 0 Å². The van der Waals surface area contributed by atoms with E-state index in [0.717, 1.165) is 25.1 Å². The van der Waals surface area contributed by atoms with Crippen molar-refractivity contribution in [2.75, 3.05) is 14.1 Å². The summed E-state index contributed by atoms with van der Waals surface area (Å²) < 4.78 is 0. The van der Waals surface area contributed by atoms with E-state index in [4.69, 9.17) is 7.85 Å². The Balaban J connectivity index is 0.000000659. The minimum atomic E-state index is -0.103. The lowest BCUT2D eigenvalue weighted by atomic mass is 9.59. The molecular weight excluding hydrogens is 219 g/mol. The summed E-state index contributed by atoms with van der Waals surface area (Å²) in [6, 6.07) is 0. The smallest absolute Gasteiger partial charge is 0.107 e. The zero-order chi connectivity index (χ0) is 14.3. The van der Waals surface area contributed by atoms with Crippen molar-refractivity contribution in [3.8, 4) is 0 Å². The molecule has 1 aliphatic heterocycles. The van der Waals surface area contributed by atoms with Crippen molar-refractivity contribution in [1.82, 2.24) is 4.90 Å². The van der Waals surface area contributed by atoms with Gasteiger partial charge in [-0.25, -0.2) is 0 Å². The summed E-state index contributed by atoms with van der Waals surface area (Å²) in [5.41, 5.74) is 2.83. The second-order valence-corrected chi connectivity index (χ2v) is 4.57. The van der Waals surface area contributed by atoms with Crippen LogP contribution in [-0.4, -0.2) is 32.7 Å². The predicted octanol–water partition coefficient (Wildman–Crippen LogP) is 4.19. The summed E-state index contributed by atoms with van der Waals surface area (Å²) in [6.45, 7) is 10.1. The topological polar surface area (TPSA) is 15.6 Å². The second-order valence-electron chi connectivity index (χ2n) is 4.57. The number of aliphatic imine (C=N–C) groups is 1. The molecule has 0 fully saturated rings. The van der Waals surface area contributed by atoms with Crippen LogP contribution in [0.3, 0.4) is 0 Å². The third-order valence-electron chi connectivity index (χ3n) is 3.53. The van der Waals surface area contributed by atoms with Crippen molar-refractivity contribution in [3.05, 3.63) is 11.3 Å². The van der Waals surface area contributed by atoms with Gasteiger partial charge in [-0.2, -0.15) is 0 Å². The van der Waals surface area contributed by atoms with Crippen LogP contribution in [0.5, 0.6) is 0 Å². The molecule has 0 saturated carbocycles. The van der Waals surface area contributed by atoms with Crippen LogP contribution in [0.15, 0.2) is 16.3 Å². The maximum atomic E-state index is 6.30. The Bertz CT molecular complexity index is 316. The van der Waals surface area contributed by atoms with Gasteiger partial charge >= 0.3 is 0 Å². The lowest BCUT2D eigenvalue weighted by Gasteiger charge is -2.33. The minimum Gasteiger partial charge on any atom is -0.337 e. The fourth-order valence-corrected chi connectivity index (χ4v) is 2.59. The number of hydrogen-bond donors (Lipinski definition) is 0. The first-order chi connectivity index (χ1) is 8.56. The Morgan fingerprint density at radius 3 is 2.22 bits per heavy atom. The van der Waals surface area contributed by atoms with Gasteiger partial charge in [0.05, 0.1) is 7.85 Å². The molecule has 3 heteroatoms. The van der Waals surface area contributed by atoms with Crippen molar-refractivity contribution in [2.24, 2.45) is 4.99 Å². The lowest BCUT2D eigenvalue weighted by molar-refractivity contribution is 0.498. The van der Waals surface area contributed by atoms with E-state index < -0.39 is 0 Å². The molecule has 1 atom stereocenters. The summed E-state index contributed by atoms with van der Waals surface area (Å²) >= 11 is 0. The molecule has 18 heavy (non-hydrogen) atoms. The summed E-state index contributed by atoms with van der Waals surface area (Å²) in [7, 11) is 10.3. The van der Waals surface area contributed by atoms with Gasteiger partial charge in [0.2, 0.25) is 0 Å². The third kappa shape index (κ3) is 3.40. The predicted molar refractivity (Wildman–Crippen MR) is 83.4 cm³/mol. The van der Waals surface area contributed by atoms with Crippen molar-refractivity contribution in [1.29, 1.82) is 0 Å². The number of amidine groups is 1. The van der Waals surface area contributed by atoms with Gasteiger partial charge in [-0.3, -0.25) is 4.99 Å². The van der Waals surface area contributed by atoms with Crippen LogP contribution in [-0.2, 0) is 0 Å². The monoisotopic (exact) mass is 248 g/mol. The van der Waals surface area contributed by atoms with E-state index >= 15 is 0 Å². The van der Waals surface area contributed by atoms with Gasteiger partial charge in [-0.15, -0.1) is 0 Å². The van der Waals surface area contributed by atoms with Crippen LogP contribution in [0.25, 0.3) is 0 Å². The summed E-state index contributed by atoms with van der Waals surface area (Å²) in [4.78, 5) is 6.53. The molecule has 2 rings (SSSR count). The van der Waals surface area contributed by atoms with Crippen LogP contribution in [0.4, 0.5) is 0 Å². The van der Waals surface area contributed by atoms with Crippen molar-refractivity contribution in [2.45, 2.75) is 65.6 Å². The zero-order valence-electron chi connectivity index (χ0n) is 13.3. The molecule has 0 aromatic heterocycles. The average molecular weight is 248 g/mol. The van der Waals surface area contributed by atoms with Gasteiger partial charge in [0.15, 0.2) is 0 Å². The fraction of sp³-hybridized carbons (Fsp3) is 0.800. The molecule has 0 saturated heterocycles. The van der Waals surface area contributed by atoms with E-state index in [1.165, 1.54) is 17.7 Å². The number of hydrogen-bond acceptors (Lipinski definition) is 1. The van der Waals surface area contributed by atoms with Gasteiger partial charge in [0.1, 0.15) is 5.84 Å². The number of nitrogens with zero attached hydrogens (tertiary/aromatic N) is 2. The number of rotatable bonds is 0. The van der Waals surface area contributed by atoms with E-state index in [2.05, 4.69) is 23.9 Å². The van der Waals surface area contributed by atoms with Crippen LogP contribution < -0.4 is 0 Å². The molecule has 0 aromatic carbocycles. The van der Waals surface area contributed by atoms with Gasteiger partial charge < -0.3 is 4.90 Å². The second kappa shape index (κ2) is 7.65. The summed E-state index contributed by atoms with van der Waals surface area (Å²) in [5.74, 6) is 1.16. The zero-order valence-corrected chi connectivity index (χ0v) is 13.3. The molecule has 1 heterocycles. The van der Waals surface area contributed by atoms with Crippen LogP contribution in [0, 0.1) is 0 Å². The van der Waals surface area contributed by atoms with E-state index in [0.29, 0.717) is 0 Å². The van der Waals surface area contributed by atoms with Crippen LogP contribution >= 0.6 is 0 Å². The molecule has 2 aliphatic rings. The average Bonchev–Trinajstić information content (AvgIpc) is 2.73. The van der Waals surface area contributed by atoms with E-state index in [1.807, 2.05) is 34.7 Å². The highest BCUT2D eigenvalue weighted by Gasteiger charge is 2.36. The Kier molecular flexibility index (Phi) is 7.34. The fourth-order valence-electron chi connectivity index (χ4n) is 2.59. The van der Waals surface area contributed by atoms with E-state index in [1.54, 1.807) is 0 Å². The van der Waals surface area contributed by atoms with Crippen LogP contribution in [0.2, 0.25) is 5.31 Å². The Morgan fingerprint density at radius 2 is 1.78 bits per heavy atom. The summed E-state index contributed by atoms with van der Waals surface area (Å²) in [6.07, 6.45) is 4.43. The number of allylic oxidation sites excluding steroid dienone is 1. The maximum Gasteiger partial charge on any atom is 0.107 e. The first-order valence-electron chi connectivity index (χ1n) is 7.27. The quantitative estimate of drug-likeness (QED) is 0.587. The highest BCUT2D eigenvalue weighted by atomic mass is 15.2. The molecule has 2 nitrogen and oxygen atoms in total. The van der Waals surface area contributed by atoms with Crippen molar-refractivity contribution >= 4 is 13.7 Å². The highest BCUT2D eigenvalue weighted by molar-refractivity contribution is 6.18. The lowest BCUT2D eigenvalue weighted by Crippen LogP contribution is -2.21. The van der Waals surface area contributed by atoms with Gasteiger partial charge in [-0.1, -0.05) is 41.0 Å². The molecule has 0 spiro atoms. The first kappa shape index (κ1) is 17.3. The highest BCUT2D eigenvalue weighted by Crippen LogP contribution is 2.49. The van der Waals surface area contributed by atoms with Gasteiger partial charge in [-0.05, 0) is 23.7 Å². The largest absolute Gasteiger partial charge is 0.337 e. The molecule has 1 unspecified atom stereocenters. The first-order valence-corrected chi connectivity index (χ1v) is 7.27. The Morgan fingerprint density at radius 1 is 1.22 bits per heavy atom. The van der Waals surface area contributed by atoms with Crippen LogP contribution in [0.1, 0.15) is 60.3 Å².